The molecule has 2 aromatic heterocycles. The van der Waals surface area contributed by atoms with Crippen molar-refractivity contribution in [3.63, 3.8) is 0 Å². The lowest BCUT2D eigenvalue weighted by Gasteiger charge is -2.24. The number of rotatable bonds is 12. The van der Waals surface area contributed by atoms with Gasteiger partial charge in [-0.15, -0.1) is 22.7 Å². The van der Waals surface area contributed by atoms with Crippen molar-refractivity contribution < 1.29 is 29.0 Å². The number of amides is 3. The summed E-state index contributed by atoms with van der Waals surface area (Å²) >= 11 is 3.23. The van der Waals surface area contributed by atoms with E-state index in [1.165, 1.54) is 6.92 Å². The Morgan fingerprint density at radius 3 is 2.32 bits per heavy atom. The molecule has 9 nitrogen and oxygen atoms in total. The second-order valence-corrected chi connectivity index (χ2v) is 10.7. The van der Waals surface area contributed by atoms with Crippen LogP contribution in [0.1, 0.15) is 41.1 Å². The molecule has 0 radical (unpaired) electrons. The lowest BCUT2D eigenvalue weighted by molar-refractivity contribution is -0.142. The van der Waals surface area contributed by atoms with Crippen LogP contribution in [0, 0.1) is 5.92 Å². The highest BCUT2D eigenvalue weighted by Crippen LogP contribution is 2.35. The molecule has 4 rings (SSSR count). The number of hydrogen-bond acceptors (Lipinski definition) is 7. The third-order valence-corrected chi connectivity index (χ3v) is 7.71. The van der Waals surface area contributed by atoms with E-state index in [4.69, 9.17) is 9.47 Å². The number of benzene rings is 1. The molecule has 0 saturated carbocycles. The van der Waals surface area contributed by atoms with Crippen molar-refractivity contribution in [1.82, 2.24) is 15.5 Å². The molecule has 0 fully saturated rings. The van der Waals surface area contributed by atoms with E-state index >= 15 is 0 Å². The summed E-state index contributed by atoms with van der Waals surface area (Å²) < 4.78 is 10.7. The zero-order chi connectivity index (χ0) is 26.2. The number of carbonyl (C=O) groups is 3. The molecule has 1 unspecified atom stereocenters. The van der Waals surface area contributed by atoms with E-state index in [1.807, 2.05) is 39.9 Å². The minimum atomic E-state index is -1.04. The highest BCUT2D eigenvalue weighted by molar-refractivity contribution is 7.10. The van der Waals surface area contributed by atoms with Crippen molar-refractivity contribution in [3.8, 4) is 11.5 Å². The van der Waals surface area contributed by atoms with Gasteiger partial charge in [-0.1, -0.05) is 18.2 Å². The van der Waals surface area contributed by atoms with E-state index in [-0.39, 0.29) is 25.7 Å². The number of urea groups is 1. The van der Waals surface area contributed by atoms with Crippen LogP contribution in [0.3, 0.4) is 0 Å². The Morgan fingerprint density at radius 2 is 1.70 bits per heavy atom. The van der Waals surface area contributed by atoms with Gasteiger partial charge in [0.05, 0.1) is 25.0 Å². The maximum absolute atomic E-state index is 13.0. The molecule has 1 aliphatic rings. The number of ether oxygens (including phenoxy) is 2. The van der Waals surface area contributed by atoms with Gasteiger partial charge in [0.1, 0.15) is 0 Å². The Bertz CT molecular complexity index is 1160. The van der Waals surface area contributed by atoms with Gasteiger partial charge in [-0.2, -0.15) is 0 Å². The van der Waals surface area contributed by atoms with Crippen LogP contribution in [0.25, 0.3) is 0 Å². The van der Waals surface area contributed by atoms with Gasteiger partial charge in [0.2, 0.25) is 12.7 Å². The normalized spacial score (nSPS) is 13.5. The van der Waals surface area contributed by atoms with Gasteiger partial charge < -0.3 is 30.1 Å². The Labute approximate surface area is 223 Å². The summed E-state index contributed by atoms with van der Waals surface area (Å²) in [5.41, 5.74) is 0.599. The van der Waals surface area contributed by atoms with Crippen molar-refractivity contribution in [2.45, 2.75) is 38.9 Å². The second-order valence-electron chi connectivity index (χ2n) is 8.63. The molecule has 3 N–H and O–H groups in total. The first-order valence-electron chi connectivity index (χ1n) is 11.9. The molecule has 37 heavy (non-hydrogen) atoms. The van der Waals surface area contributed by atoms with Crippen LogP contribution < -0.4 is 20.1 Å². The maximum atomic E-state index is 13.0. The van der Waals surface area contributed by atoms with Gasteiger partial charge in [-0.05, 0) is 53.9 Å². The average Bonchev–Trinajstić information content (AvgIpc) is 3.67. The van der Waals surface area contributed by atoms with Gasteiger partial charge in [0.25, 0.3) is 0 Å². The number of aliphatic carboxylic acids is 1. The molecule has 1 aromatic carbocycles. The third kappa shape index (κ3) is 7.23. The first-order valence-corrected chi connectivity index (χ1v) is 13.7. The van der Waals surface area contributed by atoms with Crippen LogP contribution >= 0.6 is 22.7 Å². The predicted octanol–water partition coefficient (Wildman–Crippen LogP) is 4.61. The third-order valence-electron chi connectivity index (χ3n) is 5.99. The summed E-state index contributed by atoms with van der Waals surface area (Å²) in [5, 5.41) is 19.1. The molecule has 11 heteroatoms. The molecule has 2 atom stereocenters. The summed E-state index contributed by atoms with van der Waals surface area (Å²) in [5.74, 6) is -0.815. The Hall–Kier alpha value is -3.57. The number of nitrogens with one attached hydrogen (secondary N) is 2. The number of carboxylic acid groups (broad SMARTS) is 1. The minimum Gasteiger partial charge on any atom is -0.481 e. The van der Waals surface area contributed by atoms with Gasteiger partial charge in [0, 0.05) is 22.7 Å². The molecule has 0 saturated heterocycles. The molecular weight excluding hydrogens is 514 g/mol. The van der Waals surface area contributed by atoms with Gasteiger partial charge in [-0.3, -0.25) is 9.59 Å². The highest BCUT2D eigenvalue weighted by atomic mass is 32.1. The van der Waals surface area contributed by atoms with Crippen LogP contribution in [0.4, 0.5) is 4.79 Å². The highest BCUT2D eigenvalue weighted by Gasteiger charge is 2.28. The van der Waals surface area contributed by atoms with Crippen LogP contribution in [0.15, 0.2) is 53.2 Å². The van der Waals surface area contributed by atoms with Gasteiger partial charge in [0.15, 0.2) is 11.5 Å². The number of carboxylic acids is 1. The van der Waals surface area contributed by atoms with Crippen LogP contribution in [0.5, 0.6) is 11.5 Å². The molecule has 0 aliphatic carbocycles. The average molecular weight is 544 g/mol. The molecule has 0 spiro atoms. The molecule has 196 valence electrons. The number of hydrogen-bond donors (Lipinski definition) is 3. The zero-order valence-electron chi connectivity index (χ0n) is 20.3. The van der Waals surface area contributed by atoms with E-state index in [2.05, 4.69) is 10.6 Å². The van der Waals surface area contributed by atoms with Crippen LogP contribution in [-0.2, 0) is 22.7 Å². The summed E-state index contributed by atoms with van der Waals surface area (Å²) in [4.78, 5) is 41.4. The van der Waals surface area contributed by atoms with Crippen molar-refractivity contribution in [2.75, 3.05) is 13.3 Å². The Kier molecular flexibility index (Phi) is 9.02. The van der Waals surface area contributed by atoms with Crippen molar-refractivity contribution in [3.05, 3.63) is 68.5 Å². The fourth-order valence-corrected chi connectivity index (χ4v) is 5.39. The maximum Gasteiger partial charge on any atom is 0.315 e. The fraction of sp³-hybridized carbons (Fsp3) is 0.346. The van der Waals surface area contributed by atoms with Crippen LogP contribution in [0.2, 0.25) is 0 Å². The zero-order valence-corrected chi connectivity index (χ0v) is 22.0. The molecule has 0 bridgehead atoms. The molecule has 1 aliphatic heterocycles. The second kappa shape index (κ2) is 12.6. The largest absolute Gasteiger partial charge is 0.481 e. The quantitative estimate of drug-likeness (QED) is 0.287. The smallest absolute Gasteiger partial charge is 0.315 e. The fourth-order valence-electron chi connectivity index (χ4n) is 3.95. The number of carbonyl (C=O) groups excluding carboxylic acids is 2. The molecule has 3 amide bonds. The van der Waals surface area contributed by atoms with Crippen LogP contribution in [-0.4, -0.2) is 41.3 Å². The molecule has 3 heterocycles. The lowest BCUT2D eigenvalue weighted by atomic mass is 9.94. The SMILES string of the molecule is CC(C(=O)O)[C@H](NC(=O)NCCCC(=O)N(Cc1cccs1)Cc1cccs1)c1ccc2c(c1)OCO2. The molecular formula is C26H29N3O6S2. The van der Waals surface area contributed by atoms with Crippen molar-refractivity contribution in [1.29, 1.82) is 0 Å². The van der Waals surface area contributed by atoms with Gasteiger partial charge in [-0.25, -0.2) is 4.79 Å². The minimum absolute atomic E-state index is 0.0155. The van der Waals surface area contributed by atoms with E-state index in [1.54, 1.807) is 40.9 Å². The van der Waals surface area contributed by atoms with Crippen molar-refractivity contribution in [2.24, 2.45) is 5.92 Å². The Balaban J connectivity index is 1.29. The summed E-state index contributed by atoms with van der Waals surface area (Å²) in [6, 6.07) is 11.8. The Morgan fingerprint density at radius 1 is 1.03 bits per heavy atom. The van der Waals surface area contributed by atoms with E-state index < -0.39 is 24.0 Å². The topological polar surface area (TPSA) is 117 Å². The number of nitrogens with zero attached hydrogens (tertiary/aromatic N) is 1. The first-order chi connectivity index (χ1) is 17.9. The number of fused-ring (bicyclic) bond motifs is 1. The van der Waals surface area contributed by atoms with Crippen molar-refractivity contribution >= 4 is 40.6 Å². The lowest BCUT2D eigenvalue weighted by Crippen LogP contribution is -2.42. The van der Waals surface area contributed by atoms with E-state index in [0.29, 0.717) is 36.6 Å². The molecule has 3 aromatic rings. The number of thiophene rings is 2. The van der Waals surface area contributed by atoms with E-state index in [9.17, 15) is 19.5 Å². The van der Waals surface area contributed by atoms with E-state index in [0.717, 1.165) is 9.75 Å². The predicted molar refractivity (Wildman–Crippen MR) is 141 cm³/mol. The van der Waals surface area contributed by atoms with Gasteiger partial charge >= 0.3 is 12.0 Å². The summed E-state index contributed by atoms with van der Waals surface area (Å²) in [7, 11) is 0. The summed E-state index contributed by atoms with van der Waals surface area (Å²) in [6.45, 7) is 3.01. The standard InChI is InChI=1S/C26H29N3O6S2/c1-17(25(31)32)24(18-8-9-21-22(13-18)35-16-34-21)28-26(33)27-10-2-7-23(30)29(14-19-5-3-11-36-19)15-20-6-4-12-37-20/h3-6,8-9,11-13,17,24H,2,7,10,14-16H2,1H3,(H,31,32)(H2,27,28,33)/t17?,24-/m0/s1. The first kappa shape index (κ1) is 26.5. The summed E-state index contributed by atoms with van der Waals surface area (Å²) in [6.07, 6.45) is 0.745. The monoisotopic (exact) mass is 543 g/mol.